The van der Waals surface area contributed by atoms with Gasteiger partial charge in [-0.2, -0.15) is 0 Å². The molecule has 0 amide bonds. The van der Waals surface area contributed by atoms with E-state index in [1.54, 1.807) is 12.1 Å². The van der Waals surface area contributed by atoms with E-state index >= 15 is 0 Å². The molecule has 0 radical (unpaired) electrons. The van der Waals surface area contributed by atoms with E-state index in [1.807, 2.05) is 0 Å². The van der Waals surface area contributed by atoms with E-state index in [0.29, 0.717) is 5.69 Å². The Morgan fingerprint density at radius 2 is 1.61 bits per heavy atom. The van der Waals surface area contributed by atoms with Gasteiger partial charge in [0.15, 0.2) is 0 Å². The molecule has 0 heterocycles. The molecule has 18 heavy (non-hydrogen) atoms. The Morgan fingerprint density at radius 3 is 2.06 bits per heavy atom. The highest BCUT2D eigenvalue weighted by atomic mass is 32.2. The van der Waals surface area contributed by atoms with Crippen molar-refractivity contribution in [3.05, 3.63) is 24.3 Å². The van der Waals surface area contributed by atoms with Crippen LogP contribution in [0.25, 0.3) is 0 Å². The molecule has 0 fully saturated rings. The first-order valence-corrected chi connectivity index (χ1v) is 8.74. The molecule has 0 unspecified atom stereocenters. The second-order valence-corrected chi connectivity index (χ2v) is 7.93. The standard InChI is InChI=1S/C10H16N2O4S2/c1-11-18(15,16)10-5-3-9(4-6-10)12-7-8-17(2,13)14/h3-6,11-12H,7-8H2,1-2H3. The summed E-state index contributed by atoms with van der Waals surface area (Å²) in [6.45, 7) is 0.289. The largest absolute Gasteiger partial charge is 0.384 e. The van der Waals surface area contributed by atoms with Crippen LogP contribution in [0.5, 0.6) is 0 Å². The monoisotopic (exact) mass is 292 g/mol. The molecule has 6 nitrogen and oxygen atoms in total. The van der Waals surface area contributed by atoms with Crippen LogP contribution in [0, 0.1) is 0 Å². The van der Waals surface area contributed by atoms with Crippen molar-refractivity contribution < 1.29 is 16.8 Å². The van der Waals surface area contributed by atoms with Gasteiger partial charge in [-0.25, -0.2) is 21.6 Å². The fourth-order valence-electron chi connectivity index (χ4n) is 1.25. The van der Waals surface area contributed by atoms with Crippen LogP contribution < -0.4 is 10.0 Å². The molecule has 0 aliphatic carbocycles. The maximum Gasteiger partial charge on any atom is 0.240 e. The molecule has 0 aromatic heterocycles. The molecule has 0 saturated carbocycles. The molecule has 2 N–H and O–H groups in total. The Morgan fingerprint density at radius 1 is 1.06 bits per heavy atom. The topological polar surface area (TPSA) is 92.3 Å². The number of sulfone groups is 1. The highest BCUT2D eigenvalue weighted by Gasteiger charge is 2.10. The summed E-state index contributed by atoms with van der Waals surface area (Å²) in [4.78, 5) is 0.165. The third-order valence-corrected chi connectivity index (χ3v) is 4.61. The van der Waals surface area contributed by atoms with Crippen LogP contribution in [0.2, 0.25) is 0 Å². The fourth-order valence-corrected chi connectivity index (χ4v) is 2.45. The van der Waals surface area contributed by atoms with E-state index < -0.39 is 19.9 Å². The van der Waals surface area contributed by atoms with Crippen molar-refractivity contribution in [2.24, 2.45) is 0 Å². The van der Waals surface area contributed by atoms with Gasteiger partial charge in [0.1, 0.15) is 9.84 Å². The predicted octanol–water partition coefficient (Wildman–Crippen LogP) is 0.0512. The zero-order valence-electron chi connectivity index (χ0n) is 10.2. The molecule has 0 atom stereocenters. The van der Waals surface area contributed by atoms with Crippen molar-refractivity contribution in [2.75, 3.05) is 30.9 Å². The Hall–Kier alpha value is -1.12. The Bertz CT molecular complexity index is 591. The molecular formula is C10H16N2O4S2. The van der Waals surface area contributed by atoms with Crippen LogP contribution in [0.3, 0.4) is 0 Å². The molecule has 1 aromatic carbocycles. The summed E-state index contributed by atoms with van der Waals surface area (Å²) in [7, 11) is -5.09. The van der Waals surface area contributed by atoms with Crippen molar-refractivity contribution in [1.29, 1.82) is 0 Å². The molecule has 8 heteroatoms. The summed E-state index contributed by atoms with van der Waals surface area (Å²) in [5, 5.41) is 2.90. The molecule has 102 valence electrons. The first-order valence-electron chi connectivity index (χ1n) is 5.20. The van der Waals surface area contributed by atoms with E-state index in [0.717, 1.165) is 6.26 Å². The molecule has 0 saturated heterocycles. The average molecular weight is 292 g/mol. The summed E-state index contributed by atoms with van der Waals surface area (Å²) in [6.07, 6.45) is 1.16. The number of sulfonamides is 1. The summed E-state index contributed by atoms with van der Waals surface area (Å²) in [5.74, 6) is 0.0313. The highest BCUT2D eigenvalue weighted by molar-refractivity contribution is 7.90. The van der Waals surface area contributed by atoms with E-state index in [4.69, 9.17) is 0 Å². The fraction of sp³-hybridized carbons (Fsp3) is 0.400. The van der Waals surface area contributed by atoms with Crippen molar-refractivity contribution >= 4 is 25.5 Å². The van der Waals surface area contributed by atoms with Crippen molar-refractivity contribution in [3.8, 4) is 0 Å². The van der Waals surface area contributed by atoms with Gasteiger partial charge in [0.25, 0.3) is 0 Å². The van der Waals surface area contributed by atoms with E-state index in [-0.39, 0.29) is 17.2 Å². The van der Waals surface area contributed by atoms with Gasteiger partial charge in [-0.15, -0.1) is 0 Å². The number of benzene rings is 1. The van der Waals surface area contributed by atoms with Gasteiger partial charge in [0.2, 0.25) is 10.0 Å². The maximum atomic E-state index is 11.4. The van der Waals surface area contributed by atoms with Gasteiger partial charge in [-0.3, -0.25) is 0 Å². The molecule has 0 aliphatic heterocycles. The van der Waals surface area contributed by atoms with Crippen molar-refractivity contribution in [3.63, 3.8) is 0 Å². The molecule has 1 rings (SSSR count). The first kappa shape index (κ1) is 14.9. The molecular weight excluding hydrogens is 276 g/mol. The van der Waals surface area contributed by atoms with Crippen LogP contribution in [0.4, 0.5) is 5.69 Å². The highest BCUT2D eigenvalue weighted by Crippen LogP contribution is 2.13. The average Bonchev–Trinajstić information content (AvgIpc) is 2.28. The number of hydrogen-bond donors (Lipinski definition) is 2. The first-order chi connectivity index (χ1) is 8.24. The van der Waals surface area contributed by atoms with Crippen LogP contribution in [0.1, 0.15) is 0 Å². The third-order valence-electron chi connectivity index (χ3n) is 2.24. The number of nitrogens with one attached hydrogen (secondary N) is 2. The van der Waals surface area contributed by atoms with Gasteiger partial charge >= 0.3 is 0 Å². The van der Waals surface area contributed by atoms with Crippen molar-refractivity contribution in [2.45, 2.75) is 4.90 Å². The van der Waals surface area contributed by atoms with Crippen LogP contribution in [0.15, 0.2) is 29.2 Å². The molecule has 1 aromatic rings. The minimum atomic E-state index is -3.43. The molecule has 0 aliphatic rings. The summed E-state index contributed by atoms with van der Waals surface area (Å²) < 4.78 is 46.9. The van der Waals surface area contributed by atoms with Gasteiger partial charge in [0, 0.05) is 18.5 Å². The van der Waals surface area contributed by atoms with Crippen LogP contribution >= 0.6 is 0 Å². The smallest absolute Gasteiger partial charge is 0.240 e. The zero-order chi connectivity index (χ0) is 13.8. The zero-order valence-corrected chi connectivity index (χ0v) is 11.8. The second kappa shape index (κ2) is 5.68. The number of anilines is 1. The van der Waals surface area contributed by atoms with Gasteiger partial charge in [-0.05, 0) is 31.3 Å². The Balaban J connectivity index is 2.67. The maximum absolute atomic E-state index is 11.4. The van der Waals surface area contributed by atoms with E-state index in [2.05, 4.69) is 10.0 Å². The lowest BCUT2D eigenvalue weighted by atomic mass is 10.3. The summed E-state index contributed by atoms with van der Waals surface area (Å²) in [6, 6.07) is 6.09. The normalized spacial score (nSPS) is 12.3. The Kier molecular flexibility index (Phi) is 4.71. The van der Waals surface area contributed by atoms with E-state index in [9.17, 15) is 16.8 Å². The number of hydrogen-bond acceptors (Lipinski definition) is 5. The lowest BCUT2D eigenvalue weighted by Gasteiger charge is -2.07. The summed E-state index contributed by atoms with van der Waals surface area (Å²) in [5.41, 5.74) is 0.675. The van der Waals surface area contributed by atoms with Gasteiger partial charge in [-0.1, -0.05) is 0 Å². The SMILES string of the molecule is CNS(=O)(=O)c1ccc(NCCS(C)(=O)=O)cc1. The minimum absolute atomic E-state index is 0.0313. The van der Waals surface area contributed by atoms with Crippen molar-refractivity contribution in [1.82, 2.24) is 4.72 Å². The van der Waals surface area contributed by atoms with E-state index in [1.165, 1.54) is 19.2 Å². The molecule has 0 bridgehead atoms. The lowest BCUT2D eigenvalue weighted by molar-refractivity contribution is 0.588. The third kappa shape index (κ3) is 4.63. The Labute approximate surface area is 107 Å². The lowest BCUT2D eigenvalue weighted by Crippen LogP contribution is -2.18. The van der Waals surface area contributed by atoms with Crippen LogP contribution in [-0.2, 0) is 19.9 Å². The minimum Gasteiger partial charge on any atom is -0.384 e. The summed E-state index contributed by atoms with van der Waals surface area (Å²) >= 11 is 0. The van der Waals surface area contributed by atoms with Crippen LogP contribution in [-0.4, -0.2) is 42.4 Å². The number of rotatable bonds is 6. The predicted molar refractivity (Wildman–Crippen MR) is 70.9 cm³/mol. The second-order valence-electron chi connectivity index (χ2n) is 3.79. The quantitative estimate of drug-likeness (QED) is 0.773. The van der Waals surface area contributed by atoms with Gasteiger partial charge < -0.3 is 5.32 Å². The molecule has 0 spiro atoms. The van der Waals surface area contributed by atoms with Gasteiger partial charge in [0.05, 0.1) is 10.6 Å².